The summed E-state index contributed by atoms with van der Waals surface area (Å²) >= 11 is 0. The van der Waals surface area contributed by atoms with Crippen molar-refractivity contribution in [2.45, 2.75) is 31.5 Å². The Bertz CT molecular complexity index is 1110. The Labute approximate surface area is 201 Å². The summed E-state index contributed by atoms with van der Waals surface area (Å²) in [6.45, 7) is -2.33. The average molecular weight is 485 g/mol. The molecule has 1 aliphatic heterocycles. The van der Waals surface area contributed by atoms with Crippen LogP contribution in [0.5, 0.6) is 5.75 Å². The van der Waals surface area contributed by atoms with E-state index in [0.29, 0.717) is 35.7 Å². The third-order valence-electron chi connectivity index (χ3n) is 5.82. The molecular weight excluding hydrogens is 458 g/mol. The minimum absolute atomic E-state index is 0.0741. The van der Waals surface area contributed by atoms with Gasteiger partial charge in [-0.2, -0.15) is 8.78 Å². The molecule has 2 aromatic carbocycles. The Morgan fingerprint density at radius 2 is 1.77 bits per heavy atom. The number of halogens is 2. The molecule has 0 unspecified atom stereocenters. The number of likely N-dealkylation sites (tertiary alicyclic amines) is 1. The van der Waals surface area contributed by atoms with Crippen LogP contribution in [0.4, 0.5) is 20.4 Å². The number of rotatable bonds is 8. The molecule has 184 valence electrons. The van der Waals surface area contributed by atoms with Gasteiger partial charge in [-0.15, -0.1) is 0 Å². The maximum Gasteiger partial charge on any atom is 0.387 e. The fourth-order valence-corrected chi connectivity index (χ4v) is 4.00. The highest BCUT2D eigenvalue weighted by Gasteiger charge is 2.28. The van der Waals surface area contributed by atoms with E-state index < -0.39 is 18.6 Å². The average Bonchev–Trinajstić information content (AvgIpc) is 2.86. The molecule has 1 fully saturated rings. The van der Waals surface area contributed by atoms with Crippen molar-refractivity contribution < 1.29 is 28.5 Å². The normalized spacial score (nSPS) is 16.7. The van der Waals surface area contributed by atoms with Crippen LogP contribution in [0.15, 0.2) is 60.9 Å². The molecule has 4 rings (SSSR count). The molecule has 10 heteroatoms. The van der Waals surface area contributed by atoms with E-state index in [2.05, 4.69) is 20.0 Å². The third-order valence-corrected chi connectivity index (χ3v) is 5.82. The number of nitrogens with one attached hydrogen (secondary N) is 1. The summed E-state index contributed by atoms with van der Waals surface area (Å²) in [5, 5.41) is 22.8. The lowest BCUT2D eigenvalue weighted by Gasteiger charge is -2.32. The molecule has 2 atom stereocenters. The predicted octanol–water partition coefficient (Wildman–Crippen LogP) is 3.55. The second kappa shape index (κ2) is 11.2. The zero-order valence-electron chi connectivity index (χ0n) is 18.8. The number of amides is 1. The monoisotopic (exact) mass is 484 g/mol. The highest BCUT2D eigenvalue weighted by atomic mass is 19.3. The van der Waals surface area contributed by atoms with Gasteiger partial charge in [0.15, 0.2) is 0 Å². The summed E-state index contributed by atoms with van der Waals surface area (Å²) in [5.41, 5.74) is 2.84. The number of aliphatic hydroxyl groups is 2. The van der Waals surface area contributed by atoms with Gasteiger partial charge in [-0.3, -0.25) is 4.79 Å². The number of hydrogen-bond donors (Lipinski definition) is 3. The summed E-state index contributed by atoms with van der Waals surface area (Å²) in [5.74, 6) is -0.455. The first-order valence-corrected chi connectivity index (χ1v) is 11.2. The number of β-amino-alcohol motifs (C(OH)–C–C–N with tert-alkyl or cyclic N) is 1. The van der Waals surface area contributed by atoms with Gasteiger partial charge in [-0.1, -0.05) is 24.3 Å². The summed E-state index contributed by atoms with van der Waals surface area (Å²) in [7, 11) is 0. The molecule has 1 aliphatic rings. The largest absolute Gasteiger partial charge is 0.435 e. The lowest BCUT2D eigenvalue weighted by atomic mass is 9.96. The minimum atomic E-state index is -2.87. The third kappa shape index (κ3) is 6.28. The minimum Gasteiger partial charge on any atom is -0.435 e. The van der Waals surface area contributed by atoms with Crippen molar-refractivity contribution in [3.63, 3.8) is 0 Å². The van der Waals surface area contributed by atoms with Crippen LogP contribution in [0.3, 0.4) is 0 Å². The molecule has 3 N–H and O–H groups in total. The Hall–Kier alpha value is -3.63. The van der Waals surface area contributed by atoms with Crippen LogP contribution in [0.2, 0.25) is 0 Å². The van der Waals surface area contributed by atoms with Gasteiger partial charge in [0.25, 0.3) is 0 Å². The first-order chi connectivity index (χ1) is 16.9. The summed E-state index contributed by atoms with van der Waals surface area (Å²) in [6, 6.07) is 13.3. The maximum absolute atomic E-state index is 12.8. The summed E-state index contributed by atoms with van der Waals surface area (Å²) in [4.78, 5) is 23.0. The van der Waals surface area contributed by atoms with Crippen LogP contribution in [0, 0.1) is 0 Å². The Morgan fingerprint density at radius 3 is 2.37 bits per heavy atom. The topological polar surface area (TPSA) is 108 Å². The number of carbonyl (C=O) groups is 1. The quantitative estimate of drug-likeness (QED) is 0.449. The van der Waals surface area contributed by atoms with Crippen molar-refractivity contribution in [2.75, 3.05) is 25.0 Å². The van der Waals surface area contributed by atoms with Crippen molar-refractivity contribution in [1.82, 2.24) is 14.9 Å². The molecular formula is C25H26F2N4O4. The van der Waals surface area contributed by atoms with Gasteiger partial charge in [0.1, 0.15) is 5.75 Å². The first-order valence-electron chi connectivity index (χ1n) is 11.2. The molecule has 1 aromatic heterocycles. The molecule has 8 nitrogen and oxygen atoms in total. The van der Waals surface area contributed by atoms with E-state index in [9.17, 15) is 23.8 Å². The molecule has 0 radical (unpaired) electrons. The smallest absolute Gasteiger partial charge is 0.387 e. The molecule has 1 saturated heterocycles. The summed E-state index contributed by atoms with van der Waals surface area (Å²) < 4.78 is 28.9. The number of aliphatic hydroxyl groups excluding tert-OH is 2. The van der Waals surface area contributed by atoms with Crippen molar-refractivity contribution in [1.29, 1.82) is 0 Å². The van der Waals surface area contributed by atoms with Crippen LogP contribution in [0.25, 0.3) is 11.1 Å². The molecule has 3 aromatic rings. The molecule has 0 saturated carbocycles. The van der Waals surface area contributed by atoms with Crippen LogP contribution in [-0.2, 0) is 4.79 Å². The highest BCUT2D eigenvalue weighted by Crippen LogP contribution is 2.25. The van der Waals surface area contributed by atoms with Gasteiger partial charge >= 0.3 is 6.61 Å². The molecule has 1 amide bonds. The first kappa shape index (κ1) is 24.5. The van der Waals surface area contributed by atoms with Crippen molar-refractivity contribution in [3.05, 3.63) is 66.5 Å². The predicted molar refractivity (Wildman–Crippen MR) is 125 cm³/mol. The Morgan fingerprint density at radius 1 is 1.09 bits per heavy atom. The molecule has 35 heavy (non-hydrogen) atoms. The van der Waals surface area contributed by atoms with Crippen LogP contribution >= 0.6 is 0 Å². The zero-order valence-corrected chi connectivity index (χ0v) is 18.8. The van der Waals surface area contributed by atoms with Gasteiger partial charge in [-0.25, -0.2) is 9.97 Å². The molecule has 0 bridgehead atoms. The second-order valence-electron chi connectivity index (χ2n) is 8.26. The number of aromatic nitrogens is 2. The van der Waals surface area contributed by atoms with Gasteiger partial charge < -0.3 is 25.2 Å². The Balaban J connectivity index is 1.38. The fraction of sp³-hybridized carbons (Fsp3) is 0.320. The van der Waals surface area contributed by atoms with E-state index in [0.717, 1.165) is 12.0 Å². The van der Waals surface area contributed by atoms with Crippen molar-refractivity contribution in [2.24, 2.45) is 0 Å². The number of piperidine rings is 1. The second-order valence-corrected chi connectivity index (χ2v) is 8.26. The van der Waals surface area contributed by atoms with Gasteiger partial charge in [-0.05, 0) is 48.2 Å². The fourth-order valence-electron chi connectivity index (χ4n) is 4.00. The SMILES string of the molecule is O=C([C@H](CO)c1ccc(Nc2ncc(-c3ccc(OC(F)F)cc3)cn2)cc1)N1CCC[C@H](O)C1. The molecule has 0 aliphatic carbocycles. The van der Waals surface area contributed by atoms with Gasteiger partial charge in [0, 0.05) is 36.7 Å². The van der Waals surface area contributed by atoms with Gasteiger partial charge in [0.05, 0.1) is 18.6 Å². The highest BCUT2D eigenvalue weighted by molar-refractivity contribution is 5.84. The van der Waals surface area contributed by atoms with E-state index in [1.165, 1.54) is 12.1 Å². The van der Waals surface area contributed by atoms with Crippen LogP contribution in [0.1, 0.15) is 24.3 Å². The maximum atomic E-state index is 12.8. The van der Waals surface area contributed by atoms with Crippen LogP contribution < -0.4 is 10.1 Å². The van der Waals surface area contributed by atoms with Crippen molar-refractivity contribution >= 4 is 17.5 Å². The lowest BCUT2D eigenvalue weighted by Crippen LogP contribution is -2.44. The number of ether oxygens (including phenoxy) is 1. The number of carbonyl (C=O) groups excluding carboxylic acids is 1. The van der Waals surface area contributed by atoms with E-state index in [-0.39, 0.29) is 24.8 Å². The van der Waals surface area contributed by atoms with E-state index in [1.54, 1.807) is 53.7 Å². The summed E-state index contributed by atoms with van der Waals surface area (Å²) in [6.07, 6.45) is 4.12. The zero-order chi connectivity index (χ0) is 24.8. The molecule has 0 spiro atoms. The number of benzene rings is 2. The van der Waals surface area contributed by atoms with Crippen LogP contribution in [-0.4, -0.2) is 63.4 Å². The van der Waals surface area contributed by atoms with E-state index >= 15 is 0 Å². The number of anilines is 2. The van der Waals surface area contributed by atoms with E-state index in [4.69, 9.17) is 0 Å². The molecule has 2 heterocycles. The standard InChI is InChI=1S/C25H26F2N4O4/c26-24(27)35-21-9-5-16(6-10-21)18-12-28-25(29-13-18)30-19-7-3-17(4-8-19)22(15-32)23(34)31-11-1-2-20(33)14-31/h3-10,12-13,20,22,24,32-33H,1-2,11,14-15H2,(H,28,29,30)/t20-,22+/m0/s1. The lowest BCUT2D eigenvalue weighted by molar-refractivity contribution is -0.136. The van der Waals surface area contributed by atoms with Crippen molar-refractivity contribution in [3.8, 4) is 16.9 Å². The number of hydrogen-bond acceptors (Lipinski definition) is 7. The van der Waals surface area contributed by atoms with E-state index in [1.807, 2.05) is 0 Å². The number of alkyl halides is 2. The Kier molecular flexibility index (Phi) is 7.84. The number of nitrogens with zero attached hydrogens (tertiary/aromatic N) is 3. The van der Waals surface area contributed by atoms with Gasteiger partial charge in [0.2, 0.25) is 11.9 Å².